The van der Waals surface area contributed by atoms with Gasteiger partial charge < -0.3 is 15.2 Å². The highest BCUT2D eigenvalue weighted by molar-refractivity contribution is 6.32. The second-order valence-corrected chi connectivity index (χ2v) is 8.36. The average Bonchev–Trinajstić information content (AvgIpc) is 3.38. The molecule has 2 N–H and O–H groups in total. The molecule has 0 saturated heterocycles. The monoisotopic (exact) mass is 491 g/mol. The minimum absolute atomic E-state index is 0.199. The summed E-state index contributed by atoms with van der Waals surface area (Å²) >= 11 is 6.45. The Morgan fingerprint density at radius 2 is 2.00 bits per heavy atom. The van der Waals surface area contributed by atoms with Crippen molar-refractivity contribution in [3.63, 3.8) is 0 Å². The van der Waals surface area contributed by atoms with E-state index >= 15 is 0 Å². The van der Waals surface area contributed by atoms with Crippen LogP contribution in [0.2, 0.25) is 5.02 Å². The number of benzene rings is 3. The minimum Gasteiger partial charge on any atom is -0.487 e. The smallest absolute Gasteiger partial charge is 0.292 e. The van der Waals surface area contributed by atoms with E-state index in [-0.39, 0.29) is 12.4 Å². The Morgan fingerprint density at radius 3 is 2.74 bits per heavy atom. The van der Waals surface area contributed by atoms with Gasteiger partial charge in [-0.3, -0.25) is 4.90 Å². The molecule has 35 heavy (non-hydrogen) atoms. The van der Waals surface area contributed by atoms with E-state index in [0.29, 0.717) is 64.8 Å². The second-order valence-electron chi connectivity index (χ2n) is 7.95. The van der Waals surface area contributed by atoms with Crippen LogP contribution in [0.1, 0.15) is 12.5 Å². The molecule has 1 aliphatic heterocycles. The summed E-state index contributed by atoms with van der Waals surface area (Å²) in [6.45, 7) is 4.18. The van der Waals surface area contributed by atoms with Crippen LogP contribution in [-0.2, 0) is 11.3 Å². The number of anilines is 2. The lowest BCUT2D eigenvalue weighted by molar-refractivity contribution is 0.306. The number of hydrogen-bond donors (Lipinski definition) is 1. The molecule has 7 nitrogen and oxygen atoms in total. The van der Waals surface area contributed by atoms with Gasteiger partial charge in [-0.25, -0.2) is 19.4 Å². The van der Waals surface area contributed by atoms with Crippen molar-refractivity contribution < 1.29 is 13.9 Å². The fourth-order valence-corrected chi connectivity index (χ4v) is 4.13. The van der Waals surface area contributed by atoms with Gasteiger partial charge in [-0.15, -0.1) is 0 Å². The molecule has 0 fully saturated rings. The Balaban J connectivity index is 1.40. The Kier molecular flexibility index (Phi) is 6.37. The predicted molar refractivity (Wildman–Crippen MR) is 136 cm³/mol. The van der Waals surface area contributed by atoms with Gasteiger partial charge in [0.1, 0.15) is 30.6 Å². The first-order chi connectivity index (χ1) is 17.0. The van der Waals surface area contributed by atoms with Crippen LogP contribution in [0.5, 0.6) is 5.75 Å². The van der Waals surface area contributed by atoms with E-state index in [0.717, 1.165) is 11.1 Å². The summed E-state index contributed by atoms with van der Waals surface area (Å²) in [5.74, 6) is 0.987. The summed E-state index contributed by atoms with van der Waals surface area (Å²) < 4.78 is 24.8. The Bertz CT molecular complexity index is 1430. The van der Waals surface area contributed by atoms with Crippen LogP contribution in [0.3, 0.4) is 0 Å². The lowest BCUT2D eigenvalue weighted by Crippen LogP contribution is -2.30. The van der Waals surface area contributed by atoms with Gasteiger partial charge in [0.2, 0.25) is 0 Å². The van der Waals surface area contributed by atoms with Crippen molar-refractivity contribution in [3.05, 3.63) is 77.1 Å². The summed E-state index contributed by atoms with van der Waals surface area (Å²) in [6.07, 6.45) is 0. The molecule has 0 spiro atoms. The zero-order valence-corrected chi connectivity index (χ0v) is 19.8. The van der Waals surface area contributed by atoms with Gasteiger partial charge in [0, 0.05) is 23.2 Å². The van der Waals surface area contributed by atoms with Crippen LogP contribution in [0.4, 0.5) is 15.9 Å². The number of nitrogens with two attached hydrogens (primary N) is 1. The number of rotatable bonds is 6. The third-order valence-corrected chi connectivity index (χ3v) is 5.91. The summed E-state index contributed by atoms with van der Waals surface area (Å²) in [7, 11) is 0. The van der Waals surface area contributed by atoms with E-state index in [9.17, 15) is 4.39 Å². The summed E-state index contributed by atoms with van der Waals surface area (Å²) in [5.41, 5.74) is 9.37. The van der Waals surface area contributed by atoms with Crippen molar-refractivity contribution in [1.29, 1.82) is 0 Å². The van der Waals surface area contributed by atoms with Crippen molar-refractivity contribution in [1.82, 2.24) is 9.97 Å². The molecule has 9 heteroatoms. The van der Waals surface area contributed by atoms with Crippen LogP contribution < -0.4 is 15.4 Å². The van der Waals surface area contributed by atoms with E-state index in [1.165, 1.54) is 12.1 Å². The third kappa shape index (κ3) is 4.83. The highest BCUT2D eigenvalue weighted by atomic mass is 35.5. The van der Waals surface area contributed by atoms with Gasteiger partial charge in [-0.2, -0.15) is 0 Å². The van der Waals surface area contributed by atoms with Gasteiger partial charge in [0.05, 0.1) is 17.1 Å². The average molecular weight is 492 g/mol. The third-order valence-electron chi connectivity index (χ3n) is 5.61. The maximum atomic E-state index is 13.4. The minimum atomic E-state index is -0.311. The summed E-state index contributed by atoms with van der Waals surface area (Å²) in [6, 6.07) is 17.9. The number of nitrogen functional groups attached to an aromatic ring is 1. The molecular weight excluding hydrogens is 469 g/mol. The Labute approximate surface area is 207 Å². The first-order valence-electron chi connectivity index (χ1n) is 11.2. The lowest BCUT2D eigenvalue weighted by atomic mass is 10.1. The van der Waals surface area contributed by atoms with Gasteiger partial charge >= 0.3 is 0 Å². The van der Waals surface area contributed by atoms with Gasteiger partial charge in [-0.05, 0) is 61.0 Å². The normalized spacial score (nSPS) is 12.9. The highest BCUT2D eigenvalue weighted by Crippen LogP contribution is 2.32. The van der Waals surface area contributed by atoms with Crippen molar-refractivity contribution in [3.8, 4) is 17.1 Å². The van der Waals surface area contributed by atoms with Gasteiger partial charge in [0.15, 0.2) is 5.82 Å². The maximum absolute atomic E-state index is 13.4. The highest BCUT2D eigenvalue weighted by Gasteiger charge is 2.18. The molecule has 1 aliphatic rings. The topological polar surface area (TPSA) is 85.9 Å². The fourth-order valence-electron chi connectivity index (χ4n) is 3.90. The van der Waals surface area contributed by atoms with Crippen LogP contribution in [0.25, 0.3) is 22.3 Å². The molecule has 2 heterocycles. The number of hydrogen-bond acceptors (Lipinski definition) is 7. The largest absolute Gasteiger partial charge is 0.487 e. The zero-order valence-electron chi connectivity index (χ0n) is 19.0. The number of amidine groups is 1. The van der Waals surface area contributed by atoms with E-state index in [2.05, 4.69) is 9.98 Å². The van der Waals surface area contributed by atoms with E-state index < -0.39 is 0 Å². The van der Waals surface area contributed by atoms with Crippen LogP contribution >= 0.6 is 11.6 Å². The molecule has 0 amide bonds. The number of ether oxygens (including phenoxy) is 2. The molecule has 0 bridgehead atoms. The molecule has 0 unspecified atom stereocenters. The van der Waals surface area contributed by atoms with Gasteiger partial charge in [0.25, 0.3) is 6.02 Å². The number of nitrogens with zero attached hydrogens (tertiary/aromatic N) is 4. The molecule has 0 atom stereocenters. The molecule has 178 valence electrons. The number of fused-ring (bicyclic) bond motifs is 1. The van der Waals surface area contributed by atoms with Crippen molar-refractivity contribution in [2.45, 2.75) is 13.5 Å². The van der Waals surface area contributed by atoms with Crippen LogP contribution in [0, 0.1) is 5.82 Å². The second kappa shape index (κ2) is 9.76. The molecule has 0 saturated carbocycles. The van der Waals surface area contributed by atoms with E-state index in [1.54, 1.807) is 24.3 Å². The van der Waals surface area contributed by atoms with Crippen LogP contribution in [0.15, 0.2) is 65.7 Å². The Hall–Kier alpha value is -3.91. The molecule has 0 radical (unpaired) electrons. The van der Waals surface area contributed by atoms with Crippen LogP contribution in [-0.4, -0.2) is 35.7 Å². The number of aromatic nitrogens is 2. The zero-order chi connectivity index (χ0) is 24.4. The maximum Gasteiger partial charge on any atom is 0.292 e. The van der Waals surface area contributed by atoms with E-state index in [4.69, 9.17) is 31.8 Å². The number of aliphatic imine (C=N–C) groups is 1. The molecule has 1 aromatic heterocycles. The Morgan fingerprint density at radius 1 is 1.11 bits per heavy atom. The van der Waals surface area contributed by atoms with E-state index in [1.807, 2.05) is 36.1 Å². The lowest BCUT2D eigenvalue weighted by Gasteiger charge is -2.22. The fraction of sp³-hybridized carbons (Fsp3) is 0.192. The molecule has 4 aromatic rings. The molecule has 5 rings (SSSR count). The molecular formula is C26H23ClFN5O2. The van der Waals surface area contributed by atoms with Crippen molar-refractivity contribution in [2.75, 3.05) is 30.3 Å². The summed E-state index contributed by atoms with van der Waals surface area (Å²) in [4.78, 5) is 15.6. The molecule has 3 aromatic carbocycles. The SMILES string of the molecule is CCN(C1=NCCO1)c1ccc2nc(-c3ccc(OCc4cccc(F)c4)c(Cl)c3)nc(N)c2c1. The first kappa shape index (κ1) is 22.9. The van der Waals surface area contributed by atoms with Crippen molar-refractivity contribution >= 4 is 40.0 Å². The quantitative estimate of drug-likeness (QED) is 0.385. The number of halogens is 2. The predicted octanol–water partition coefficient (Wildman–Crippen LogP) is 5.46. The van der Waals surface area contributed by atoms with Crippen molar-refractivity contribution in [2.24, 2.45) is 4.99 Å². The first-order valence-corrected chi connectivity index (χ1v) is 11.6. The molecule has 0 aliphatic carbocycles. The van der Waals surface area contributed by atoms with Gasteiger partial charge in [-0.1, -0.05) is 23.7 Å². The summed E-state index contributed by atoms with van der Waals surface area (Å²) in [5, 5.41) is 1.14. The standard InChI is InChI=1S/C26H23ClFN5O2/c1-2-33(26-30-10-11-34-26)19-7-8-22-20(14-19)24(29)32-25(31-22)17-6-9-23(21(27)13-17)35-15-16-4-3-5-18(28)12-16/h3-9,12-14H,2,10-11,15H2,1H3,(H2,29,31,32).